The molecule has 0 unspecified atom stereocenters. The summed E-state index contributed by atoms with van der Waals surface area (Å²) in [5.74, 6) is 1.36. The number of nitrogens with zero attached hydrogens (tertiary/aromatic N) is 3. The van der Waals surface area contributed by atoms with Crippen LogP contribution in [0.3, 0.4) is 0 Å². The Bertz CT molecular complexity index is 726. The SMILES string of the molecule is Cc1noc([C@@H]2CCCN(C(=O)/C=C\c3cccc(Cl)c3)C2)n1. The molecule has 1 fully saturated rings. The molecule has 1 atom stereocenters. The van der Waals surface area contributed by atoms with Crippen molar-refractivity contribution in [3.63, 3.8) is 0 Å². The summed E-state index contributed by atoms with van der Waals surface area (Å²) in [7, 11) is 0. The molecule has 6 heteroatoms. The number of piperidine rings is 1. The minimum Gasteiger partial charge on any atom is -0.339 e. The first-order chi connectivity index (χ1) is 11.1. The van der Waals surface area contributed by atoms with Crippen LogP contribution >= 0.6 is 11.6 Å². The molecule has 0 saturated carbocycles. The Hall–Kier alpha value is -2.14. The van der Waals surface area contributed by atoms with Gasteiger partial charge in [-0.2, -0.15) is 4.98 Å². The van der Waals surface area contributed by atoms with Crippen LogP contribution < -0.4 is 0 Å². The lowest BCUT2D eigenvalue weighted by Crippen LogP contribution is -2.38. The summed E-state index contributed by atoms with van der Waals surface area (Å²) < 4.78 is 5.24. The smallest absolute Gasteiger partial charge is 0.246 e. The fourth-order valence-electron chi connectivity index (χ4n) is 2.74. The van der Waals surface area contributed by atoms with Crippen molar-refractivity contribution in [3.8, 4) is 0 Å². The number of aryl methyl sites for hydroxylation is 1. The maximum absolute atomic E-state index is 12.4. The van der Waals surface area contributed by atoms with E-state index in [0.717, 1.165) is 24.9 Å². The molecule has 1 aliphatic heterocycles. The number of carbonyl (C=O) groups excluding carboxylic acids is 1. The van der Waals surface area contributed by atoms with Gasteiger partial charge in [-0.1, -0.05) is 28.9 Å². The second-order valence-corrected chi connectivity index (χ2v) is 6.13. The zero-order valence-corrected chi connectivity index (χ0v) is 13.7. The number of aromatic nitrogens is 2. The van der Waals surface area contributed by atoms with E-state index in [4.69, 9.17) is 16.1 Å². The Morgan fingerprint density at radius 3 is 3.09 bits per heavy atom. The molecule has 1 amide bonds. The van der Waals surface area contributed by atoms with Crippen molar-refractivity contribution in [2.24, 2.45) is 0 Å². The van der Waals surface area contributed by atoms with Gasteiger partial charge >= 0.3 is 0 Å². The summed E-state index contributed by atoms with van der Waals surface area (Å²) in [5.41, 5.74) is 0.909. The van der Waals surface area contributed by atoms with Crippen LogP contribution in [-0.2, 0) is 4.79 Å². The molecule has 0 radical (unpaired) electrons. The normalized spacial score (nSPS) is 18.5. The minimum absolute atomic E-state index is 0.00841. The number of hydrogen-bond acceptors (Lipinski definition) is 4. The Balaban J connectivity index is 1.65. The number of amides is 1. The van der Waals surface area contributed by atoms with Crippen LogP contribution in [0.1, 0.15) is 36.0 Å². The maximum Gasteiger partial charge on any atom is 0.246 e. The lowest BCUT2D eigenvalue weighted by Gasteiger charge is -2.30. The van der Waals surface area contributed by atoms with Crippen molar-refractivity contribution in [2.45, 2.75) is 25.7 Å². The number of halogens is 1. The van der Waals surface area contributed by atoms with E-state index in [-0.39, 0.29) is 11.8 Å². The van der Waals surface area contributed by atoms with Gasteiger partial charge in [0.25, 0.3) is 0 Å². The zero-order valence-electron chi connectivity index (χ0n) is 12.9. The lowest BCUT2D eigenvalue weighted by molar-refractivity contribution is -0.127. The molecule has 0 bridgehead atoms. The highest BCUT2D eigenvalue weighted by molar-refractivity contribution is 6.30. The third kappa shape index (κ3) is 3.99. The van der Waals surface area contributed by atoms with E-state index in [0.29, 0.717) is 23.3 Å². The first-order valence-electron chi connectivity index (χ1n) is 7.64. The van der Waals surface area contributed by atoms with E-state index in [9.17, 15) is 4.79 Å². The maximum atomic E-state index is 12.4. The quantitative estimate of drug-likeness (QED) is 0.808. The Morgan fingerprint density at radius 2 is 2.35 bits per heavy atom. The molecule has 0 aliphatic carbocycles. The molecule has 0 N–H and O–H groups in total. The van der Waals surface area contributed by atoms with Gasteiger partial charge in [-0.3, -0.25) is 4.79 Å². The van der Waals surface area contributed by atoms with Crippen LogP contribution in [0, 0.1) is 6.92 Å². The molecular weight excluding hydrogens is 314 g/mol. The van der Waals surface area contributed by atoms with E-state index in [1.165, 1.54) is 0 Å². The highest BCUT2D eigenvalue weighted by Gasteiger charge is 2.27. The van der Waals surface area contributed by atoms with Crippen molar-refractivity contribution in [1.29, 1.82) is 0 Å². The largest absolute Gasteiger partial charge is 0.339 e. The van der Waals surface area contributed by atoms with Crippen LogP contribution in [0.15, 0.2) is 34.9 Å². The van der Waals surface area contributed by atoms with Gasteiger partial charge in [0.15, 0.2) is 5.82 Å². The average Bonchev–Trinajstić information content (AvgIpc) is 2.99. The van der Waals surface area contributed by atoms with Crippen molar-refractivity contribution in [1.82, 2.24) is 15.0 Å². The van der Waals surface area contributed by atoms with Crippen LogP contribution in [0.5, 0.6) is 0 Å². The van der Waals surface area contributed by atoms with E-state index in [2.05, 4.69) is 10.1 Å². The van der Waals surface area contributed by atoms with Crippen molar-refractivity contribution < 1.29 is 9.32 Å². The third-order valence-electron chi connectivity index (χ3n) is 3.89. The van der Waals surface area contributed by atoms with Gasteiger partial charge in [-0.25, -0.2) is 0 Å². The van der Waals surface area contributed by atoms with Gasteiger partial charge in [0.1, 0.15) is 0 Å². The third-order valence-corrected chi connectivity index (χ3v) is 4.13. The summed E-state index contributed by atoms with van der Waals surface area (Å²) in [6, 6.07) is 7.41. The highest BCUT2D eigenvalue weighted by Crippen LogP contribution is 2.25. The molecule has 2 aromatic rings. The Kier molecular flexibility index (Phi) is 4.76. The summed E-state index contributed by atoms with van der Waals surface area (Å²) in [6.45, 7) is 3.16. The second kappa shape index (κ2) is 6.96. The predicted molar refractivity (Wildman–Crippen MR) is 88.1 cm³/mol. The summed E-state index contributed by atoms with van der Waals surface area (Å²) in [4.78, 5) is 18.5. The first-order valence-corrected chi connectivity index (χ1v) is 8.02. The molecule has 120 valence electrons. The standard InChI is InChI=1S/C17H18ClN3O2/c1-12-19-17(23-20-12)14-5-3-9-21(11-14)16(22)8-7-13-4-2-6-15(18)10-13/h2,4,6-8,10,14H,3,5,9,11H2,1H3/b8-7-/t14-/m1/s1. The van der Waals surface area contributed by atoms with Gasteiger partial charge < -0.3 is 9.42 Å². The Morgan fingerprint density at radius 1 is 1.48 bits per heavy atom. The summed E-state index contributed by atoms with van der Waals surface area (Å²) in [5, 5.41) is 4.49. The summed E-state index contributed by atoms with van der Waals surface area (Å²) >= 11 is 5.95. The average molecular weight is 332 g/mol. The molecule has 1 aromatic heterocycles. The molecule has 3 rings (SSSR count). The number of likely N-dealkylation sites (tertiary alicyclic amines) is 1. The van der Waals surface area contributed by atoms with Crippen molar-refractivity contribution in [3.05, 3.63) is 52.6 Å². The molecule has 1 saturated heterocycles. The topological polar surface area (TPSA) is 59.2 Å². The van der Waals surface area contributed by atoms with E-state index in [1.54, 1.807) is 19.1 Å². The molecule has 1 aliphatic rings. The van der Waals surface area contributed by atoms with E-state index < -0.39 is 0 Å². The monoisotopic (exact) mass is 331 g/mol. The van der Waals surface area contributed by atoms with Crippen molar-refractivity contribution in [2.75, 3.05) is 13.1 Å². The van der Waals surface area contributed by atoms with Gasteiger partial charge in [0.05, 0.1) is 5.92 Å². The van der Waals surface area contributed by atoms with Crippen LogP contribution in [0.25, 0.3) is 6.08 Å². The van der Waals surface area contributed by atoms with Crippen LogP contribution in [0.4, 0.5) is 0 Å². The van der Waals surface area contributed by atoms with Gasteiger partial charge in [0.2, 0.25) is 11.8 Å². The molecule has 2 heterocycles. The van der Waals surface area contributed by atoms with Crippen LogP contribution in [-0.4, -0.2) is 34.0 Å². The van der Waals surface area contributed by atoms with Crippen LogP contribution in [0.2, 0.25) is 5.02 Å². The molecule has 5 nitrogen and oxygen atoms in total. The Labute approximate surface area is 139 Å². The first kappa shape index (κ1) is 15.7. The zero-order chi connectivity index (χ0) is 16.2. The van der Waals surface area contributed by atoms with Gasteiger partial charge in [-0.15, -0.1) is 0 Å². The number of carbonyl (C=O) groups is 1. The fourth-order valence-corrected chi connectivity index (χ4v) is 2.94. The minimum atomic E-state index is -0.00841. The predicted octanol–water partition coefficient (Wildman–Crippen LogP) is 3.45. The second-order valence-electron chi connectivity index (χ2n) is 5.69. The van der Waals surface area contributed by atoms with Crippen molar-refractivity contribution >= 4 is 23.6 Å². The molecule has 23 heavy (non-hydrogen) atoms. The van der Waals surface area contributed by atoms with Gasteiger partial charge in [-0.05, 0) is 43.5 Å². The van der Waals surface area contributed by atoms with E-state index >= 15 is 0 Å². The van der Waals surface area contributed by atoms with E-state index in [1.807, 2.05) is 29.2 Å². The molecular formula is C17H18ClN3O2. The highest BCUT2D eigenvalue weighted by atomic mass is 35.5. The lowest BCUT2D eigenvalue weighted by atomic mass is 9.98. The molecule has 1 aromatic carbocycles. The fraction of sp³-hybridized carbons (Fsp3) is 0.353. The summed E-state index contributed by atoms with van der Waals surface area (Å²) in [6.07, 6.45) is 5.27. The molecule has 0 spiro atoms. The van der Waals surface area contributed by atoms with Gasteiger partial charge in [0, 0.05) is 24.2 Å². The number of rotatable bonds is 3. The number of hydrogen-bond donors (Lipinski definition) is 0. The number of benzene rings is 1.